The van der Waals surface area contributed by atoms with E-state index in [0.29, 0.717) is 13.2 Å². The van der Waals surface area contributed by atoms with E-state index in [2.05, 4.69) is 11.9 Å². The highest BCUT2D eigenvalue weighted by Gasteiger charge is 2.13. The third-order valence-corrected chi connectivity index (χ3v) is 2.39. The second-order valence-corrected chi connectivity index (χ2v) is 3.91. The first kappa shape index (κ1) is 13.7. The van der Waals surface area contributed by atoms with Gasteiger partial charge < -0.3 is 14.4 Å². The van der Waals surface area contributed by atoms with Crippen molar-refractivity contribution in [2.75, 3.05) is 6.61 Å². The Morgan fingerprint density at radius 2 is 2.35 bits per heavy atom. The van der Waals surface area contributed by atoms with Gasteiger partial charge in [0.1, 0.15) is 5.82 Å². The summed E-state index contributed by atoms with van der Waals surface area (Å²) in [5.74, 6) is 0.576. The smallest absolute Gasteiger partial charge is 0.308 e. The minimum atomic E-state index is -0.723. The molecular formula is C12H20N2O3. The summed E-state index contributed by atoms with van der Waals surface area (Å²) in [6.45, 7) is 4.55. The molecular weight excluding hydrogens is 220 g/mol. The molecule has 0 radical (unpaired) electrons. The van der Waals surface area contributed by atoms with Crippen LogP contribution in [0.3, 0.4) is 0 Å². The molecule has 0 aliphatic rings. The topological polar surface area (TPSA) is 64.3 Å². The fourth-order valence-electron chi connectivity index (χ4n) is 1.66. The number of carbonyl (C=O) groups excluding carboxylic acids is 1. The van der Waals surface area contributed by atoms with E-state index in [1.165, 1.54) is 0 Å². The molecule has 96 valence electrons. The summed E-state index contributed by atoms with van der Waals surface area (Å²) in [5.41, 5.74) is 0. The van der Waals surface area contributed by atoms with Crippen molar-refractivity contribution in [3.63, 3.8) is 0 Å². The van der Waals surface area contributed by atoms with E-state index in [-0.39, 0.29) is 12.4 Å². The Labute approximate surface area is 101 Å². The number of aryl methyl sites for hydroxylation is 1. The number of hydrogen-bond acceptors (Lipinski definition) is 4. The zero-order chi connectivity index (χ0) is 12.7. The van der Waals surface area contributed by atoms with Gasteiger partial charge in [-0.15, -0.1) is 0 Å². The van der Waals surface area contributed by atoms with Crippen molar-refractivity contribution < 1.29 is 14.6 Å². The van der Waals surface area contributed by atoms with Crippen LogP contribution in [-0.4, -0.2) is 33.3 Å². The van der Waals surface area contributed by atoms with Crippen molar-refractivity contribution in [2.24, 2.45) is 0 Å². The summed E-state index contributed by atoms with van der Waals surface area (Å²) in [5, 5.41) is 9.76. The lowest BCUT2D eigenvalue weighted by molar-refractivity contribution is -0.145. The fourth-order valence-corrected chi connectivity index (χ4v) is 1.66. The van der Waals surface area contributed by atoms with Gasteiger partial charge in [0.05, 0.1) is 25.7 Å². The summed E-state index contributed by atoms with van der Waals surface area (Å²) in [6.07, 6.45) is 4.71. The first-order valence-electron chi connectivity index (χ1n) is 6.01. The molecule has 0 aliphatic heterocycles. The van der Waals surface area contributed by atoms with Crippen LogP contribution in [0.5, 0.6) is 0 Å². The van der Waals surface area contributed by atoms with E-state index in [1.807, 2.05) is 10.8 Å². The maximum atomic E-state index is 11.2. The van der Waals surface area contributed by atoms with Crippen molar-refractivity contribution >= 4 is 5.97 Å². The molecule has 1 N–H and O–H groups in total. The number of imidazole rings is 1. The molecule has 0 amide bonds. The fraction of sp³-hybridized carbons (Fsp3) is 0.667. The molecule has 5 heteroatoms. The molecule has 1 heterocycles. The number of ether oxygens (including phenoxy) is 1. The average Bonchev–Trinajstić information content (AvgIpc) is 2.66. The Morgan fingerprint density at radius 1 is 1.59 bits per heavy atom. The molecule has 0 fully saturated rings. The van der Waals surface area contributed by atoms with Crippen molar-refractivity contribution in [1.29, 1.82) is 0 Å². The lowest BCUT2D eigenvalue weighted by Crippen LogP contribution is -2.22. The summed E-state index contributed by atoms with van der Waals surface area (Å²) < 4.78 is 6.67. The van der Waals surface area contributed by atoms with Gasteiger partial charge in [0.25, 0.3) is 0 Å². The zero-order valence-electron chi connectivity index (χ0n) is 10.4. The monoisotopic (exact) mass is 240 g/mol. The van der Waals surface area contributed by atoms with Crippen LogP contribution >= 0.6 is 0 Å². The normalized spacial score (nSPS) is 12.4. The Kier molecular flexibility index (Phi) is 5.69. The second kappa shape index (κ2) is 7.06. The highest BCUT2D eigenvalue weighted by atomic mass is 16.5. The quantitative estimate of drug-likeness (QED) is 0.726. The van der Waals surface area contributed by atoms with E-state index in [0.717, 1.165) is 18.7 Å². The van der Waals surface area contributed by atoms with Gasteiger partial charge in [-0.05, 0) is 13.3 Å². The Bertz CT molecular complexity index is 349. The third-order valence-electron chi connectivity index (χ3n) is 2.39. The van der Waals surface area contributed by atoms with Crippen LogP contribution in [-0.2, 0) is 22.5 Å². The van der Waals surface area contributed by atoms with Gasteiger partial charge >= 0.3 is 5.97 Å². The van der Waals surface area contributed by atoms with Gasteiger partial charge in [0.15, 0.2) is 0 Å². The van der Waals surface area contributed by atoms with Crippen molar-refractivity contribution in [2.45, 2.75) is 45.8 Å². The lowest BCUT2D eigenvalue weighted by atomic mass is 10.2. The van der Waals surface area contributed by atoms with E-state index in [1.54, 1.807) is 13.1 Å². The molecule has 0 spiro atoms. The third kappa shape index (κ3) is 4.56. The number of rotatable bonds is 7. The van der Waals surface area contributed by atoms with Crippen LogP contribution in [0.15, 0.2) is 12.4 Å². The van der Waals surface area contributed by atoms with Crippen LogP contribution in [0, 0.1) is 0 Å². The molecule has 0 saturated carbocycles. The summed E-state index contributed by atoms with van der Waals surface area (Å²) in [7, 11) is 0. The Balaban J connectivity index is 2.46. The Morgan fingerprint density at radius 3 is 3.00 bits per heavy atom. The maximum absolute atomic E-state index is 11.2. The minimum absolute atomic E-state index is 0.0254. The number of aromatic nitrogens is 2. The van der Waals surface area contributed by atoms with Gasteiger partial charge in [0.2, 0.25) is 0 Å². The minimum Gasteiger partial charge on any atom is -0.466 e. The molecule has 1 aromatic heterocycles. The Hall–Kier alpha value is -1.36. The molecule has 1 aromatic rings. The predicted molar refractivity (Wildman–Crippen MR) is 63.5 cm³/mol. The van der Waals surface area contributed by atoms with Gasteiger partial charge in [-0.25, -0.2) is 4.98 Å². The van der Waals surface area contributed by atoms with Crippen LogP contribution in [0.1, 0.15) is 32.5 Å². The van der Waals surface area contributed by atoms with E-state index < -0.39 is 6.10 Å². The van der Waals surface area contributed by atoms with Gasteiger partial charge in [-0.3, -0.25) is 4.79 Å². The predicted octanol–water partition coefficient (Wildman–Crippen LogP) is 1.15. The molecule has 1 rings (SSSR count). The molecule has 5 nitrogen and oxygen atoms in total. The molecule has 17 heavy (non-hydrogen) atoms. The van der Waals surface area contributed by atoms with Crippen molar-refractivity contribution in [3.8, 4) is 0 Å². The molecule has 1 atom stereocenters. The van der Waals surface area contributed by atoms with Crippen LogP contribution in [0.25, 0.3) is 0 Å². The summed E-state index contributed by atoms with van der Waals surface area (Å²) in [4.78, 5) is 15.4. The molecule has 0 aromatic carbocycles. The highest BCUT2D eigenvalue weighted by molar-refractivity contribution is 5.69. The first-order valence-corrected chi connectivity index (χ1v) is 6.01. The highest BCUT2D eigenvalue weighted by Crippen LogP contribution is 2.05. The van der Waals surface area contributed by atoms with E-state index in [9.17, 15) is 9.90 Å². The molecule has 0 bridgehead atoms. The van der Waals surface area contributed by atoms with E-state index in [4.69, 9.17) is 4.74 Å². The van der Waals surface area contributed by atoms with Crippen LogP contribution in [0.4, 0.5) is 0 Å². The van der Waals surface area contributed by atoms with Gasteiger partial charge in [0, 0.05) is 18.8 Å². The molecule has 0 aliphatic carbocycles. The van der Waals surface area contributed by atoms with E-state index >= 15 is 0 Å². The number of aliphatic hydroxyl groups excluding tert-OH is 1. The number of aliphatic hydroxyl groups is 1. The van der Waals surface area contributed by atoms with Crippen LogP contribution in [0.2, 0.25) is 0 Å². The summed E-state index contributed by atoms with van der Waals surface area (Å²) in [6, 6.07) is 0. The number of carbonyl (C=O) groups is 1. The number of esters is 1. The molecule has 1 unspecified atom stereocenters. The van der Waals surface area contributed by atoms with Gasteiger partial charge in [-0.1, -0.05) is 6.92 Å². The largest absolute Gasteiger partial charge is 0.466 e. The maximum Gasteiger partial charge on any atom is 0.308 e. The van der Waals surface area contributed by atoms with Crippen LogP contribution < -0.4 is 0 Å². The zero-order valence-corrected chi connectivity index (χ0v) is 10.4. The molecule has 0 saturated heterocycles. The second-order valence-electron chi connectivity index (χ2n) is 3.91. The van der Waals surface area contributed by atoms with Gasteiger partial charge in [-0.2, -0.15) is 0 Å². The average molecular weight is 240 g/mol. The standard InChI is InChI=1S/C12H20N2O3/c1-3-5-11-13-6-7-14(11)9-10(15)8-12(16)17-4-2/h6-7,10,15H,3-5,8-9H2,1-2H3. The van der Waals surface area contributed by atoms with Crippen molar-refractivity contribution in [1.82, 2.24) is 9.55 Å². The van der Waals surface area contributed by atoms with Crippen molar-refractivity contribution in [3.05, 3.63) is 18.2 Å². The first-order chi connectivity index (χ1) is 8.17. The SMILES string of the molecule is CCCc1nccn1CC(O)CC(=O)OCC. The summed E-state index contributed by atoms with van der Waals surface area (Å²) >= 11 is 0. The number of hydrogen-bond donors (Lipinski definition) is 1. The number of nitrogens with zero attached hydrogens (tertiary/aromatic N) is 2. The lowest BCUT2D eigenvalue weighted by Gasteiger charge is -2.12.